The summed E-state index contributed by atoms with van der Waals surface area (Å²) in [6, 6.07) is 30.3. The van der Waals surface area contributed by atoms with E-state index in [4.69, 9.17) is 9.72 Å². The topological polar surface area (TPSA) is 25.4 Å². The van der Waals surface area contributed by atoms with Gasteiger partial charge in [-0.3, -0.25) is 9.88 Å². The standard InChI is InChI=1S/C35H42N2O/c1-6-30-19-14-20-31(7-2)35(30)33-23-34(38-26(3)4)32(27(5)36-33)25-37(24-29-17-12-9-13-18-29)22-21-28-15-10-8-11-16-28/h8-20,23,26H,6-7,21-22,24-25H2,1-5H3. The largest absolute Gasteiger partial charge is 0.491 e. The highest BCUT2D eigenvalue weighted by Crippen LogP contribution is 2.34. The molecule has 1 aromatic heterocycles. The first-order valence-corrected chi connectivity index (χ1v) is 14.1. The zero-order chi connectivity index (χ0) is 26.9. The normalized spacial score (nSPS) is 11.3. The van der Waals surface area contributed by atoms with Gasteiger partial charge in [-0.1, -0.05) is 92.7 Å². The van der Waals surface area contributed by atoms with Gasteiger partial charge in [-0.2, -0.15) is 0 Å². The van der Waals surface area contributed by atoms with Crippen LogP contribution in [0.5, 0.6) is 5.75 Å². The number of benzene rings is 3. The van der Waals surface area contributed by atoms with E-state index < -0.39 is 0 Å². The van der Waals surface area contributed by atoms with Crippen LogP contribution in [-0.2, 0) is 32.4 Å². The molecule has 0 bridgehead atoms. The van der Waals surface area contributed by atoms with Crippen LogP contribution < -0.4 is 4.74 Å². The molecule has 0 saturated heterocycles. The highest BCUT2D eigenvalue weighted by atomic mass is 16.5. The Kier molecular flexibility index (Phi) is 9.73. The molecule has 0 aliphatic heterocycles. The summed E-state index contributed by atoms with van der Waals surface area (Å²) in [6.45, 7) is 13.4. The Hall–Kier alpha value is -3.43. The van der Waals surface area contributed by atoms with E-state index in [0.717, 1.165) is 56.0 Å². The predicted octanol–water partition coefficient (Wildman–Crippen LogP) is 8.21. The van der Waals surface area contributed by atoms with Crippen molar-refractivity contribution >= 4 is 0 Å². The maximum absolute atomic E-state index is 6.48. The minimum atomic E-state index is 0.0855. The predicted molar refractivity (Wildman–Crippen MR) is 160 cm³/mol. The molecule has 3 aromatic carbocycles. The van der Waals surface area contributed by atoms with Gasteiger partial charge in [0.05, 0.1) is 11.8 Å². The second-order valence-electron chi connectivity index (χ2n) is 10.3. The average Bonchev–Trinajstić information content (AvgIpc) is 2.93. The lowest BCUT2D eigenvalue weighted by molar-refractivity contribution is 0.223. The molecule has 198 valence electrons. The van der Waals surface area contributed by atoms with Crippen LogP contribution in [0.2, 0.25) is 0 Å². The third-order valence-electron chi connectivity index (χ3n) is 7.10. The van der Waals surface area contributed by atoms with E-state index in [9.17, 15) is 0 Å². The minimum absolute atomic E-state index is 0.0855. The Bertz CT molecular complexity index is 1280. The van der Waals surface area contributed by atoms with Crippen molar-refractivity contribution in [1.82, 2.24) is 9.88 Å². The fourth-order valence-electron chi connectivity index (χ4n) is 5.13. The Labute approximate surface area is 229 Å². The number of nitrogens with zero attached hydrogens (tertiary/aromatic N) is 2. The summed E-state index contributed by atoms with van der Waals surface area (Å²) in [5, 5.41) is 0. The van der Waals surface area contributed by atoms with Gasteiger partial charge in [0.15, 0.2) is 0 Å². The maximum atomic E-state index is 6.48. The quantitative estimate of drug-likeness (QED) is 0.194. The molecular formula is C35H42N2O. The van der Waals surface area contributed by atoms with Crippen LogP contribution in [0, 0.1) is 6.92 Å². The first-order valence-electron chi connectivity index (χ1n) is 14.1. The van der Waals surface area contributed by atoms with Gasteiger partial charge in [-0.15, -0.1) is 0 Å². The monoisotopic (exact) mass is 506 g/mol. The van der Waals surface area contributed by atoms with E-state index in [2.05, 4.69) is 124 Å². The lowest BCUT2D eigenvalue weighted by Gasteiger charge is -2.26. The molecule has 0 saturated carbocycles. The molecular weight excluding hydrogens is 464 g/mol. The fraction of sp³-hybridized carbons (Fsp3) is 0.343. The first kappa shape index (κ1) is 27.6. The summed E-state index contributed by atoms with van der Waals surface area (Å²) in [4.78, 5) is 7.72. The molecule has 4 rings (SSSR count). The Balaban J connectivity index is 1.71. The van der Waals surface area contributed by atoms with Crippen molar-refractivity contribution < 1.29 is 4.74 Å². The number of aromatic nitrogens is 1. The summed E-state index contributed by atoms with van der Waals surface area (Å²) in [5.74, 6) is 0.952. The van der Waals surface area contributed by atoms with Crippen molar-refractivity contribution in [2.45, 2.75) is 73.1 Å². The first-order chi connectivity index (χ1) is 18.5. The second kappa shape index (κ2) is 13.4. The number of hydrogen-bond donors (Lipinski definition) is 0. The lowest BCUT2D eigenvalue weighted by atomic mass is 9.94. The summed E-state index contributed by atoms with van der Waals surface area (Å²) in [5.41, 5.74) is 9.88. The van der Waals surface area contributed by atoms with Crippen molar-refractivity contribution in [3.63, 3.8) is 0 Å². The van der Waals surface area contributed by atoms with Crippen molar-refractivity contribution in [3.8, 4) is 17.0 Å². The third-order valence-corrected chi connectivity index (χ3v) is 7.10. The molecule has 0 amide bonds. The van der Waals surface area contributed by atoms with Crippen molar-refractivity contribution in [1.29, 1.82) is 0 Å². The SMILES string of the molecule is CCc1cccc(CC)c1-c1cc(OC(C)C)c(CN(CCc2ccccc2)Cc2ccccc2)c(C)n1. The van der Waals surface area contributed by atoms with Crippen molar-refractivity contribution in [2.24, 2.45) is 0 Å². The molecule has 3 nitrogen and oxygen atoms in total. The van der Waals surface area contributed by atoms with E-state index in [1.165, 1.54) is 33.4 Å². The molecule has 0 N–H and O–H groups in total. The summed E-state index contributed by atoms with van der Waals surface area (Å²) in [7, 11) is 0. The van der Waals surface area contributed by atoms with Crippen LogP contribution in [0.15, 0.2) is 84.9 Å². The molecule has 0 fully saturated rings. The minimum Gasteiger partial charge on any atom is -0.491 e. The van der Waals surface area contributed by atoms with Gasteiger partial charge in [0.1, 0.15) is 5.75 Å². The number of aryl methyl sites for hydroxylation is 3. The van der Waals surface area contributed by atoms with Crippen LogP contribution in [-0.4, -0.2) is 22.5 Å². The molecule has 0 atom stereocenters. The van der Waals surface area contributed by atoms with Crippen molar-refractivity contribution in [3.05, 3.63) is 118 Å². The Morgan fingerprint density at radius 1 is 0.763 bits per heavy atom. The number of pyridine rings is 1. The zero-order valence-electron chi connectivity index (χ0n) is 23.7. The molecule has 0 aliphatic rings. The van der Waals surface area contributed by atoms with E-state index in [-0.39, 0.29) is 6.10 Å². The second-order valence-corrected chi connectivity index (χ2v) is 10.3. The van der Waals surface area contributed by atoms with Gasteiger partial charge in [0.25, 0.3) is 0 Å². The smallest absolute Gasteiger partial charge is 0.128 e. The number of ether oxygens (including phenoxy) is 1. The molecule has 0 aliphatic carbocycles. The molecule has 38 heavy (non-hydrogen) atoms. The van der Waals surface area contributed by atoms with Crippen LogP contribution >= 0.6 is 0 Å². The molecule has 3 heteroatoms. The summed E-state index contributed by atoms with van der Waals surface area (Å²) >= 11 is 0. The van der Waals surface area contributed by atoms with Gasteiger partial charge in [-0.05, 0) is 62.3 Å². The average molecular weight is 507 g/mol. The Morgan fingerprint density at radius 3 is 1.95 bits per heavy atom. The Morgan fingerprint density at radius 2 is 1.37 bits per heavy atom. The molecule has 0 spiro atoms. The highest BCUT2D eigenvalue weighted by molar-refractivity contribution is 5.70. The number of rotatable bonds is 12. The zero-order valence-corrected chi connectivity index (χ0v) is 23.7. The molecule has 4 aromatic rings. The van der Waals surface area contributed by atoms with Crippen LogP contribution in [0.3, 0.4) is 0 Å². The lowest BCUT2D eigenvalue weighted by Crippen LogP contribution is -2.26. The van der Waals surface area contributed by atoms with Crippen LogP contribution in [0.25, 0.3) is 11.3 Å². The van der Waals surface area contributed by atoms with Crippen LogP contribution in [0.1, 0.15) is 61.2 Å². The number of hydrogen-bond acceptors (Lipinski definition) is 3. The summed E-state index contributed by atoms with van der Waals surface area (Å²) < 4.78 is 6.48. The molecule has 0 radical (unpaired) electrons. The van der Waals surface area contributed by atoms with E-state index in [0.29, 0.717) is 0 Å². The van der Waals surface area contributed by atoms with E-state index in [1.807, 2.05) is 0 Å². The summed E-state index contributed by atoms with van der Waals surface area (Å²) in [6.07, 6.45) is 3.05. The van der Waals surface area contributed by atoms with Gasteiger partial charge >= 0.3 is 0 Å². The maximum Gasteiger partial charge on any atom is 0.128 e. The van der Waals surface area contributed by atoms with Gasteiger partial charge < -0.3 is 4.74 Å². The van der Waals surface area contributed by atoms with E-state index in [1.54, 1.807) is 0 Å². The van der Waals surface area contributed by atoms with Gasteiger partial charge in [0, 0.05) is 42.5 Å². The van der Waals surface area contributed by atoms with Crippen LogP contribution in [0.4, 0.5) is 0 Å². The third kappa shape index (κ3) is 7.11. The van der Waals surface area contributed by atoms with Gasteiger partial charge in [0.2, 0.25) is 0 Å². The molecule has 0 unspecified atom stereocenters. The molecule has 1 heterocycles. The van der Waals surface area contributed by atoms with Gasteiger partial charge in [-0.25, -0.2) is 0 Å². The fourth-order valence-corrected chi connectivity index (χ4v) is 5.13. The van der Waals surface area contributed by atoms with Crippen molar-refractivity contribution in [2.75, 3.05) is 6.54 Å². The highest BCUT2D eigenvalue weighted by Gasteiger charge is 2.19. The van der Waals surface area contributed by atoms with E-state index >= 15 is 0 Å².